The Kier molecular flexibility index (Phi) is 4.06. The highest BCUT2D eigenvalue weighted by molar-refractivity contribution is 5.71. The first kappa shape index (κ1) is 15.3. The summed E-state index contributed by atoms with van der Waals surface area (Å²) < 4.78 is 0. The van der Waals surface area contributed by atoms with Crippen molar-refractivity contribution < 1.29 is 9.90 Å². The summed E-state index contributed by atoms with van der Waals surface area (Å²) in [7, 11) is 0. The molecule has 5 unspecified atom stereocenters. The van der Waals surface area contributed by atoms with Crippen LogP contribution in [0.4, 0.5) is 0 Å². The number of rotatable bonds is 4. The van der Waals surface area contributed by atoms with Crippen molar-refractivity contribution in [1.29, 1.82) is 0 Å². The van der Waals surface area contributed by atoms with E-state index in [4.69, 9.17) is 0 Å². The fraction of sp³-hybridized carbons (Fsp3) is 0.944. The van der Waals surface area contributed by atoms with Crippen LogP contribution in [-0.2, 0) is 4.79 Å². The Bertz CT molecular complexity index is 406. The number of piperidine rings is 1. The molecule has 21 heavy (non-hydrogen) atoms. The van der Waals surface area contributed by atoms with Gasteiger partial charge in [-0.25, -0.2) is 0 Å². The van der Waals surface area contributed by atoms with Gasteiger partial charge in [-0.2, -0.15) is 0 Å². The third kappa shape index (κ3) is 2.74. The lowest BCUT2D eigenvalue weighted by molar-refractivity contribution is -0.147. The van der Waals surface area contributed by atoms with Crippen LogP contribution >= 0.6 is 0 Å². The van der Waals surface area contributed by atoms with E-state index in [1.165, 1.54) is 32.2 Å². The Morgan fingerprint density at radius 1 is 1.19 bits per heavy atom. The van der Waals surface area contributed by atoms with E-state index in [2.05, 4.69) is 25.7 Å². The average Bonchev–Trinajstić information content (AvgIpc) is 3.09. The molecule has 2 saturated carbocycles. The van der Waals surface area contributed by atoms with Crippen LogP contribution in [-0.4, -0.2) is 34.6 Å². The summed E-state index contributed by atoms with van der Waals surface area (Å²) in [5.74, 6) is 0.843. The van der Waals surface area contributed by atoms with E-state index in [0.29, 0.717) is 23.4 Å². The van der Waals surface area contributed by atoms with E-state index in [1.54, 1.807) is 0 Å². The van der Waals surface area contributed by atoms with Gasteiger partial charge in [0, 0.05) is 18.6 Å². The van der Waals surface area contributed by atoms with Crippen LogP contribution in [0.2, 0.25) is 0 Å². The maximum Gasteiger partial charge on any atom is 0.308 e. The molecule has 5 atom stereocenters. The minimum atomic E-state index is -0.560. The summed E-state index contributed by atoms with van der Waals surface area (Å²) in [5, 5.41) is 9.66. The molecule has 3 fully saturated rings. The molecule has 1 heterocycles. The molecule has 1 aliphatic heterocycles. The second kappa shape index (κ2) is 5.57. The van der Waals surface area contributed by atoms with E-state index in [-0.39, 0.29) is 5.92 Å². The number of likely N-dealkylation sites (tertiary alicyclic amines) is 1. The number of aliphatic carboxylic acids is 1. The van der Waals surface area contributed by atoms with Crippen molar-refractivity contribution in [2.75, 3.05) is 6.54 Å². The van der Waals surface area contributed by atoms with Crippen LogP contribution in [0.25, 0.3) is 0 Å². The highest BCUT2D eigenvalue weighted by atomic mass is 16.4. The number of hydrogen-bond donors (Lipinski definition) is 1. The molecular weight excluding hydrogens is 262 g/mol. The van der Waals surface area contributed by atoms with Gasteiger partial charge < -0.3 is 5.11 Å². The van der Waals surface area contributed by atoms with E-state index in [0.717, 1.165) is 25.2 Å². The maximum absolute atomic E-state index is 11.7. The van der Waals surface area contributed by atoms with Crippen molar-refractivity contribution in [2.45, 2.75) is 77.8 Å². The lowest BCUT2D eigenvalue weighted by Crippen LogP contribution is -2.51. The van der Waals surface area contributed by atoms with Crippen molar-refractivity contribution in [1.82, 2.24) is 4.90 Å². The van der Waals surface area contributed by atoms with Crippen LogP contribution in [0.5, 0.6) is 0 Å². The lowest BCUT2D eigenvalue weighted by Gasteiger charge is -2.47. The first-order valence-corrected chi connectivity index (χ1v) is 8.91. The molecule has 3 nitrogen and oxygen atoms in total. The number of hydrogen-bond acceptors (Lipinski definition) is 2. The fourth-order valence-corrected chi connectivity index (χ4v) is 5.17. The predicted molar refractivity (Wildman–Crippen MR) is 84.2 cm³/mol. The molecular formula is C18H31NO2. The van der Waals surface area contributed by atoms with Gasteiger partial charge in [0.25, 0.3) is 0 Å². The number of nitrogens with zero attached hydrogens (tertiary/aromatic N) is 1. The molecule has 0 aromatic rings. The smallest absolute Gasteiger partial charge is 0.308 e. The molecule has 1 saturated heterocycles. The molecule has 3 aliphatic rings. The molecule has 0 radical (unpaired) electrons. The van der Waals surface area contributed by atoms with E-state index in [1.807, 2.05) is 0 Å². The third-order valence-corrected chi connectivity index (χ3v) is 7.03. The minimum Gasteiger partial charge on any atom is -0.481 e. The van der Waals surface area contributed by atoms with Gasteiger partial charge in [-0.3, -0.25) is 9.69 Å². The Morgan fingerprint density at radius 3 is 2.48 bits per heavy atom. The Balaban J connectivity index is 1.77. The van der Waals surface area contributed by atoms with Gasteiger partial charge in [-0.05, 0) is 55.8 Å². The quantitative estimate of drug-likeness (QED) is 0.857. The number of carbonyl (C=O) groups is 1. The highest BCUT2D eigenvalue weighted by Crippen LogP contribution is 2.47. The monoisotopic (exact) mass is 293 g/mol. The normalized spacial score (nSPS) is 40.6. The Morgan fingerprint density at radius 2 is 1.95 bits per heavy atom. The second-order valence-electron chi connectivity index (χ2n) is 8.39. The van der Waals surface area contributed by atoms with Gasteiger partial charge in [0.05, 0.1) is 5.92 Å². The molecule has 0 amide bonds. The largest absolute Gasteiger partial charge is 0.481 e. The summed E-state index contributed by atoms with van der Waals surface area (Å²) in [4.78, 5) is 14.3. The molecule has 120 valence electrons. The van der Waals surface area contributed by atoms with Crippen molar-refractivity contribution in [3.63, 3.8) is 0 Å². The molecule has 0 aromatic carbocycles. The second-order valence-corrected chi connectivity index (χ2v) is 8.39. The molecule has 3 rings (SSSR count). The molecule has 1 N–H and O–H groups in total. The van der Waals surface area contributed by atoms with Gasteiger partial charge in [0.15, 0.2) is 0 Å². The molecule has 0 aromatic heterocycles. The number of fused-ring (bicyclic) bond motifs is 2. The molecule has 3 heteroatoms. The predicted octanol–water partition coefficient (Wildman–Crippen LogP) is 3.78. The van der Waals surface area contributed by atoms with Crippen molar-refractivity contribution >= 4 is 5.97 Å². The molecule has 0 spiro atoms. The summed E-state index contributed by atoms with van der Waals surface area (Å²) >= 11 is 0. The number of carboxylic acids is 1. The summed E-state index contributed by atoms with van der Waals surface area (Å²) in [6.45, 7) is 8.17. The number of carboxylic acid groups (broad SMARTS) is 1. The SMILES string of the molecule is CCC(C)(C)C1CCC(C(=O)O)C(N2CC3CCC2C3)C1. The van der Waals surface area contributed by atoms with Crippen LogP contribution in [0.1, 0.15) is 65.7 Å². The van der Waals surface area contributed by atoms with Crippen LogP contribution in [0.15, 0.2) is 0 Å². The van der Waals surface area contributed by atoms with Crippen LogP contribution in [0, 0.1) is 23.2 Å². The van der Waals surface area contributed by atoms with Crippen molar-refractivity contribution in [2.24, 2.45) is 23.2 Å². The van der Waals surface area contributed by atoms with Gasteiger partial charge >= 0.3 is 5.97 Å². The minimum absolute atomic E-state index is 0.131. The van der Waals surface area contributed by atoms with E-state index in [9.17, 15) is 9.90 Å². The first-order chi connectivity index (χ1) is 9.92. The first-order valence-electron chi connectivity index (χ1n) is 8.91. The summed E-state index contributed by atoms with van der Waals surface area (Å²) in [6, 6.07) is 0.979. The Hall–Kier alpha value is -0.570. The molecule has 2 bridgehead atoms. The van der Waals surface area contributed by atoms with Crippen molar-refractivity contribution in [3.05, 3.63) is 0 Å². The van der Waals surface area contributed by atoms with Gasteiger partial charge in [-0.1, -0.05) is 27.2 Å². The van der Waals surface area contributed by atoms with E-state index < -0.39 is 5.97 Å². The topological polar surface area (TPSA) is 40.5 Å². The van der Waals surface area contributed by atoms with Gasteiger partial charge in [0.1, 0.15) is 0 Å². The fourth-order valence-electron chi connectivity index (χ4n) is 5.17. The van der Waals surface area contributed by atoms with Gasteiger partial charge in [0.2, 0.25) is 0 Å². The standard InChI is InChI=1S/C18H31NO2/c1-4-18(2,3)13-6-8-15(17(20)21)16(10-13)19-11-12-5-7-14(19)9-12/h12-16H,4-11H2,1-3H3,(H,20,21). The molecule has 2 aliphatic carbocycles. The Labute approximate surface area is 129 Å². The highest BCUT2D eigenvalue weighted by Gasteiger charge is 2.48. The summed E-state index contributed by atoms with van der Waals surface area (Å²) in [6.07, 6.45) is 8.25. The van der Waals surface area contributed by atoms with E-state index >= 15 is 0 Å². The zero-order valence-electron chi connectivity index (χ0n) is 13.8. The zero-order valence-corrected chi connectivity index (χ0v) is 13.8. The van der Waals surface area contributed by atoms with Crippen LogP contribution in [0.3, 0.4) is 0 Å². The maximum atomic E-state index is 11.7. The average molecular weight is 293 g/mol. The van der Waals surface area contributed by atoms with Gasteiger partial charge in [-0.15, -0.1) is 0 Å². The zero-order chi connectivity index (χ0) is 15.2. The summed E-state index contributed by atoms with van der Waals surface area (Å²) in [5.41, 5.74) is 0.348. The third-order valence-electron chi connectivity index (χ3n) is 7.03. The van der Waals surface area contributed by atoms with Crippen molar-refractivity contribution in [3.8, 4) is 0 Å². The van der Waals surface area contributed by atoms with Crippen LogP contribution < -0.4 is 0 Å². The lowest BCUT2D eigenvalue weighted by atomic mass is 9.65.